The Morgan fingerprint density at radius 1 is 1.00 bits per heavy atom. The summed E-state index contributed by atoms with van der Waals surface area (Å²) in [4.78, 5) is 28.5. The Balaban J connectivity index is 1.72. The molecule has 0 saturated heterocycles. The van der Waals surface area contributed by atoms with E-state index in [2.05, 4.69) is 5.32 Å². The zero-order chi connectivity index (χ0) is 28.9. The summed E-state index contributed by atoms with van der Waals surface area (Å²) >= 11 is 6.34. The summed E-state index contributed by atoms with van der Waals surface area (Å²) in [5.41, 5.74) is 0.926. The van der Waals surface area contributed by atoms with Gasteiger partial charge in [0.1, 0.15) is 18.4 Å². The summed E-state index contributed by atoms with van der Waals surface area (Å²) in [5, 5.41) is 3.33. The Bertz CT molecular complexity index is 1460. The third-order valence-electron chi connectivity index (χ3n) is 7.29. The molecule has 2 amide bonds. The smallest absolute Gasteiger partial charge is 0.264 e. The van der Waals surface area contributed by atoms with E-state index in [4.69, 9.17) is 11.6 Å². The Kier molecular flexibility index (Phi) is 9.48. The fourth-order valence-electron chi connectivity index (χ4n) is 4.88. The standard InChI is InChI=1S/C30H33ClFN3O4S/c1-21-26(31)16-10-18-28(21)35(40(38,39)25-14-4-3-5-15-25)20-29(36)34(19-23-11-6-9-17-27(23)32)22(2)30(37)33-24-12-7-8-13-24/h3-6,9-11,14-18,22,24H,7-8,12-13,19-20H2,1-2H3,(H,33,37)/t22-/m1/s1. The van der Waals surface area contributed by atoms with Crippen molar-refractivity contribution in [3.63, 3.8) is 0 Å². The van der Waals surface area contributed by atoms with Gasteiger partial charge < -0.3 is 10.2 Å². The van der Waals surface area contributed by atoms with E-state index in [1.165, 1.54) is 35.2 Å². The van der Waals surface area contributed by atoms with Crippen LogP contribution >= 0.6 is 11.6 Å². The van der Waals surface area contributed by atoms with Gasteiger partial charge in [0.05, 0.1) is 10.6 Å². The van der Waals surface area contributed by atoms with Crippen LogP contribution < -0.4 is 9.62 Å². The predicted molar refractivity (Wildman–Crippen MR) is 154 cm³/mol. The van der Waals surface area contributed by atoms with Gasteiger partial charge in [0.2, 0.25) is 11.8 Å². The van der Waals surface area contributed by atoms with Crippen molar-refractivity contribution < 1.29 is 22.4 Å². The predicted octanol–water partition coefficient (Wildman–Crippen LogP) is 5.46. The molecular weight excluding hydrogens is 553 g/mol. The molecule has 0 radical (unpaired) electrons. The molecule has 10 heteroatoms. The SMILES string of the molecule is Cc1c(Cl)cccc1N(CC(=O)N(Cc1ccccc1F)[C@H](C)C(=O)NC1CCCC1)S(=O)(=O)c1ccccc1. The molecule has 1 atom stereocenters. The molecule has 0 heterocycles. The molecule has 212 valence electrons. The lowest BCUT2D eigenvalue weighted by atomic mass is 10.1. The number of nitrogens with one attached hydrogen (secondary N) is 1. The summed E-state index contributed by atoms with van der Waals surface area (Å²) in [6, 6.07) is 17.6. The molecule has 3 aromatic rings. The number of halogens is 2. The first-order chi connectivity index (χ1) is 19.1. The summed E-state index contributed by atoms with van der Waals surface area (Å²) in [5.74, 6) is -1.55. The average Bonchev–Trinajstić information content (AvgIpc) is 3.46. The Morgan fingerprint density at radius 2 is 1.65 bits per heavy atom. The molecule has 1 N–H and O–H groups in total. The molecule has 0 bridgehead atoms. The van der Waals surface area contributed by atoms with Crippen LogP contribution in [0.25, 0.3) is 0 Å². The van der Waals surface area contributed by atoms with Gasteiger partial charge in [0.25, 0.3) is 10.0 Å². The van der Waals surface area contributed by atoms with Crippen molar-refractivity contribution in [1.29, 1.82) is 0 Å². The van der Waals surface area contributed by atoms with Crippen LogP contribution in [0.15, 0.2) is 77.7 Å². The Labute approximate surface area is 240 Å². The summed E-state index contributed by atoms with van der Waals surface area (Å²) in [6.07, 6.45) is 3.75. The van der Waals surface area contributed by atoms with E-state index in [-0.39, 0.29) is 34.6 Å². The summed E-state index contributed by atoms with van der Waals surface area (Å²) in [7, 11) is -4.22. The van der Waals surface area contributed by atoms with Gasteiger partial charge in [-0.25, -0.2) is 12.8 Å². The molecule has 3 aromatic carbocycles. The molecule has 1 aliphatic carbocycles. The minimum absolute atomic E-state index is 0.00476. The van der Waals surface area contributed by atoms with E-state index in [1.807, 2.05) is 0 Å². The molecular formula is C30H33ClFN3O4S. The van der Waals surface area contributed by atoms with Gasteiger partial charge >= 0.3 is 0 Å². The maximum atomic E-state index is 14.7. The third-order valence-corrected chi connectivity index (χ3v) is 9.47. The van der Waals surface area contributed by atoms with Crippen molar-refractivity contribution in [2.45, 2.75) is 63.1 Å². The van der Waals surface area contributed by atoms with Crippen LogP contribution in [0.5, 0.6) is 0 Å². The number of benzene rings is 3. The van der Waals surface area contributed by atoms with Gasteiger partial charge in [-0.3, -0.25) is 13.9 Å². The highest BCUT2D eigenvalue weighted by Gasteiger charge is 2.34. The van der Waals surface area contributed by atoms with Gasteiger partial charge in [0.15, 0.2) is 0 Å². The normalized spacial score (nSPS) is 14.5. The first-order valence-electron chi connectivity index (χ1n) is 13.3. The minimum Gasteiger partial charge on any atom is -0.352 e. The lowest BCUT2D eigenvalue weighted by molar-refractivity contribution is -0.139. The van der Waals surface area contributed by atoms with Crippen molar-refractivity contribution in [3.05, 3.63) is 94.8 Å². The molecule has 1 saturated carbocycles. The molecule has 0 aliphatic heterocycles. The van der Waals surface area contributed by atoms with E-state index in [0.29, 0.717) is 10.6 Å². The van der Waals surface area contributed by atoms with Crippen molar-refractivity contribution in [1.82, 2.24) is 10.2 Å². The van der Waals surface area contributed by atoms with Crippen LogP contribution in [-0.4, -0.2) is 43.8 Å². The van der Waals surface area contributed by atoms with Crippen molar-refractivity contribution in [2.24, 2.45) is 0 Å². The van der Waals surface area contributed by atoms with E-state index in [1.54, 1.807) is 56.3 Å². The van der Waals surface area contributed by atoms with Crippen molar-refractivity contribution >= 4 is 39.1 Å². The number of nitrogens with zero attached hydrogens (tertiary/aromatic N) is 2. The highest BCUT2D eigenvalue weighted by Crippen LogP contribution is 2.31. The average molecular weight is 586 g/mol. The zero-order valence-corrected chi connectivity index (χ0v) is 24.1. The maximum absolute atomic E-state index is 14.7. The number of hydrogen-bond donors (Lipinski definition) is 1. The quantitative estimate of drug-likeness (QED) is 0.342. The number of carbonyl (C=O) groups excluding carboxylic acids is 2. The van der Waals surface area contributed by atoms with E-state index in [0.717, 1.165) is 30.0 Å². The van der Waals surface area contributed by atoms with Crippen LogP contribution in [0.1, 0.15) is 43.7 Å². The molecule has 40 heavy (non-hydrogen) atoms. The van der Waals surface area contributed by atoms with E-state index >= 15 is 0 Å². The second kappa shape index (κ2) is 12.8. The lowest BCUT2D eigenvalue weighted by Crippen LogP contribution is -2.52. The highest BCUT2D eigenvalue weighted by atomic mass is 35.5. The summed E-state index contributed by atoms with van der Waals surface area (Å²) < 4.78 is 43.4. The van der Waals surface area contributed by atoms with Crippen LogP contribution in [0.4, 0.5) is 10.1 Å². The maximum Gasteiger partial charge on any atom is 0.264 e. The molecule has 0 aromatic heterocycles. The zero-order valence-electron chi connectivity index (χ0n) is 22.5. The number of amides is 2. The number of rotatable bonds is 10. The van der Waals surface area contributed by atoms with Crippen LogP contribution in [0.3, 0.4) is 0 Å². The van der Waals surface area contributed by atoms with Gasteiger partial charge in [-0.2, -0.15) is 0 Å². The van der Waals surface area contributed by atoms with E-state index < -0.39 is 34.3 Å². The third kappa shape index (κ3) is 6.64. The topological polar surface area (TPSA) is 86.8 Å². The van der Waals surface area contributed by atoms with Gasteiger partial charge in [-0.1, -0.05) is 66.9 Å². The Hall–Kier alpha value is -3.43. The molecule has 1 fully saturated rings. The molecule has 1 aliphatic rings. The number of hydrogen-bond acceptors (Lipinski definition) is 4. The molecule has 0 unspecified atom stereocenters. The largest absolute Gasteiger partial charge is 0.352 e. The van der Waals surface area contributed by atoms with Crippen LogP contribution in [-0.2, 0) is 26.2 Å². The molecule has 0 spiro atoms. The van der Waals surface area contributed by atoms with Crippen molar-refractivity contribution in [3.8, 4) is 0 Å². The van der Waals surface area contributed by atoms with E-state index in [9.17, 15) is 22.4 Å². The fourth-order valence-corrected chi connectivity index (χ4v) is 6.55. The number of sulfonamides is 1. The highest BCUT2D eigenvalue weighted by molar-refractivity contribution is 7.92. The molecule has 4 rings (SSSR count). The second-order valence-corrected chi connectivity index (χ2v) is 12.3. The van der Waals surface area contributed by atoms with Gasteiger partial charge in [0, 0.05) is 23.2 Å². The van der Waals surface area contributed by atoms with Crippen LogP contribution in [0, 0.1) is 12.7 Å². The van der Waals surface area contributed by atoms with Crippen molar-refractivity contribution in [2.75, 3.05) is 10.8 Å². The monoisotopic (exact) mass is 585 g/mol. The fraction of sp³-hybridized carbons (Fsp3) is 0.333. The van der Waals surface area contributed by atoms with Gasteiger partial charge in [-0.05, 0) is 62.6 Å². The Morgan fingerprint density at radius 3 is 2.33 bits per heavy atom. The molecule has 7 nitrogen and oxygen atoms in total. The van der Waals surface area contributed by atoms with Gasteiger partial charge in [-0.15, -0.1) is 0 Å². The van der Waals surface area contributed by atoms with Crippen LogP contribution in [0.2, 0.25) is 5.02 Å². The number of anilines is 1. The number of carbonyl (C=O) groups is 2. The first kappa shape index (κ1) is 29.6. The first-order valence-corrected chi connectivity index (χ1v) is 15.1. The second-order valence-electron chi connectivity index (χ2n) is 9.99. The summed E-state index contributed by atoms with van der Waals surface area (Å²) in [6.45, 7) is 2.42. The lowest BCUT2D eigenvalue weighted by Gasteiger charge is -2.33. The minimum atomic E-state index is -4.22.